The Bertz CT molecular complexity index is 371. The van der Waals surface area contributed by atoms with E-state index in [9.17, 15) is 9.90 Å². The molecule has 1 fully saturated rings. The van der Waals surface area contributed by atoms with E-state index in [4.69, 9.17) is 4.74 Å². The molecule has 128 valence electrons. The van der Waals surface area contributed by atoms with Crippen molar-refractivity contribution in [1.29, 1.82) is 0 Å². The highest BCUT2D eigenvalue weighted by Gasteiger charge is 2.24. The van der Waals surface area contributed by atoms with Gasteiger partial charge in [-0.3, -0.25) is 5.01 Å². The van der Waals surface area contributed by atoms with Crippen molar-refractivity contribution in [3.63, 3.8) is 0 Å². The van der Waals surface area contributed by atoms with Gasteiger partial charge in [0.25, 0.3) is 0 Å². The van der Waals surface area contributed by atoms with Crippen LogP contribution in [0.1, 0.15) is 53.9 Å². The predicted molar refractivity (Wildman–Crippen MR) is 87.9 cm³/mol. The van der Waals surface area contributed by atoms with Crippen LogP contribution < -0.4 is 5.32 Å². The number of aliphatic hydroxyl groups is 1. The summed E-state index contributed by atoms with van der Waals surface area (Å²) in [6.07, 6.45) is 3.13. The molecule has 6 heteroatoms. The maximum absolute atomic E-state index is 11.9. The zero-order valence-electron chi connectivity index (χ0n) is 14.5. The van der Waals surface area contributed by atoms with Gasteiger partial charge < -0.3 is 15.2 Å². The molecule has 0 radical (unpaired) electrons. The van der Waals surface area contributed by atoms with Crippen LogP contribution in [-0.2, 0) is 4.74 Å². The zero-order chi connectivity index (χ0) is 16.8. The van der Waals surface area contributed by atoms with Gasteiger partial charge in [0, 0.05) is 13.1 Å². The van der Waals surface area contributed by atoms with Crippen LogP contribution in [0.15, 0.2) is 5.10 Å². The Kier molecular flexibility index (Phi) is 7.13. The largest absolute Gasteiger partial charge is 0.444 e. The van der Waals surface area contributed by atoms with Gasteiger partial charge in [0.2, 0.25) is 0 Å². The summed E-state index contributed by atoms with van der Waals surface area (Å²) in [5.41, 5.74) is -0.555. The molecule has 2 atom stereocenters. The van der Waals surface area contributed by atoms with Crippen molar-refractivity contribution in [3.05, 3.63) is 0 Å². The lowest BCUT2D eigenvalue weighted by Gasteiger charge is -2.26. The molecule has 0 unspecified atom stereocenters. The average Bonchev–Trinajstić information content (AvgIpc) is 2.85. The lowest BCUT2D eigenvalue weighted by Crippen LogP contribution is -2.47. The molecule has 1 saturated heterocycles. The maximum atomic E-state index is 11.9. The molecule has 1 rings (SSSR count). The fourth-order valence-corrected chi connectivity index (χ4v) is 2.33. The second-order valence-corrected chi connectivity index (χ2v) is 7.30. The molecule has 1 amide bonds. The lowest BCUT2D eigenvalue weighted by atomic mass is 10.00. The van der Waals surface area contributed by atoms with Gasteiger partial charge in [-0.1, -0.05) is 13.8 Å². The smallest absolute Gasteiger partial charge is 0.407 e. The van der Waals surface area contributed by atoms with Gasteiger partial charge in [-0.25, -0.2) is 4.79 Å². The molecule has 0 spiro atoms. The molecule has 1 heterocycles. The summed E-state index contributed by atoms with van der Waals surface area (Å²) in [7, 11) is 0. The number of aliphatic hydroxyl groups excluding tert-OH is 1. The molecule has 1 aliphatic heterocycles. The standard InChI is InChI=1S/C16H31N3O3/c1-12(2)10-13(18-15(21)22-16(3,4)5)14(20)11-17-19-8-6-7-9-19/h11-14,20H,6-10H2,1-5H3,(H,18,21)/b17-11+/t13-,14+/m0/s1. The van der Waals surface area contributed by atoms with E-state index in [1.807, 2.05) is 39.6 Å². The van der Waals surface area contributed by atoms with Gasteiger partial charge in [0.15, 0.2) is 0 Å². The first-order chi connectivity index (χ1) is 10.2. The van der Waals surface area contributed by atoms with Crippen molar-refractivity contribution in [1.82, 2.24) is 10.3 Å². The molecule has 0 aliphatic carbocycles. The molecular formula is C16H31N3O3. The number of nitrogens with zero attached hydrogens (tertiary/aromatic N) is 2. The number of carbonyl (C=O) groups excluding carboxylic acids is 1. The van der Waals surface area contributed by atoms with Crippen molar-refractivity contribution in [2.75, 3.05) is 13.1 Å². The van der Waals surface area contributed by atoms with Gasteiger partial charge in [0.05, 0.1) is 12.3 Å². The van der Waals surface area contributed by atoms with E-state index in [1.54, 1.807) is 0 Å². The van der Waals surface area contributed by atoms with E-state index in [0.717, 1.165) is 25.9 Å². The molecule has 0 aromatic heterocycles. The molecular weight excluding hydrogens is 282 g/mol. The SMILES string of the molecule is CC(C)C[C@H](NC(=O)OC(C)(C)C)[C@H](O)/C=N/N1CCCC1. The van der Waals surface area contributed by atoms with Crippen LogP contribution in [0.5, 0.6) is 0 Å². The van der Waals surface area contributed by atoms with Crippen LogP contribution in [-0.4, -0.2) is 53.3 Å². The summed E-state index contributed by atoms with van der Waals surface area (Å²) in [5.74, 6) is 0.342. The number of hydrogen-bond acceptors (Lipinski definition) is 5. The number of nitrogens with one attached hydrogen (secondary N) is 1. The zero-order valence-corrected chi connectivity index (χ0v) is 14.5. The Morgan fingerprint density at radius 1 is 1.36 bits per heavy atom. The van der Waals surface area contributed by atoms with E-state index in [1.165, 1.54) is 6.21 Å². The fraction of sp³-hybridized carbons (Fsp3) is 0.875. The average molecular weight is 313 g/mol. The predicted octanol–water partition coefficient (Wildman–Crippen LogP) is 2.37. The summed E-state index contributed by atoms with van der Waals surface area (Å²) in [4.78, 5) is 11.9. The number of carbonyl (C=O) groups is 1. The second-order valence-electron chi connectivity index (χ2n) is 7.30. The van der Waals surface area contributed by atoms with Gasteiger partial charge in [-0.2, -0.15) is 5.10 Å². The molecule has 1 aliphatic rings. The Labute approximate surface area is 133 Å². The monoisotopic (exact) mass is 313 g/mol. The van der Waals surface area contributed by atoms with Crippen LogP contribution in [0.25, 0.3) is 0 Å². The van der Waals surface area contributed by atoms with E-state index in [-0.39, 0.29) is 0 Å². The Morgan fingerprint density at radius 2 is 1.95 bits per heavy atom. The Balaban J connectivity index is 2.59. The van der Waals surface area contributed by atoms with Crippen molar-refractivity contribution in [2.45, 2.75) is 71.6 Å². The van der Waals surface area contributed by atoms with E-state index in [0.29, 0.717) is 12.3 Å². The van der Waals surface area contributed by atoms with Crippen LogP contribution >= 0.6 is 0 Å². The number of rotatable bonds is 6. The van der Waals surface area contributed by atoms with Gasteiger partial charge in [-0.05, 0) is 46.0 Å². The summed E-state index contributed by atoms with van der Waals surface area (Å²) in [6.45, 7) is 11.4. The lowest BCUT2D eigenvalue weighted by molar-refractivity contribution is 0.0454. The molecule has 22 heavy (non-hydrogen) atoms. The minimum absolute atomic E-state index is 0.342. The van der Waals surface area contributed by atoms with Gasteiger partial charge in [-0.15, -0.1) is 0 Å². The summed E-state index contributed by atoms with van der Waals surface area (Å²) < 4.78 is 5.26. The summed E-state index contributed by atoms with van der Waals surface area (Å²) in [6, 6.07) is -0.402. The Morgan fingerprint density at radius 3 is 2.45 bits per heavy atom. The summed E-state index contributed by atoms with van der Waals surface area (Å²) >= 11 is 0. The highest BCUT2D eigenvalue weighted by Crippen LogP contribution is 2.12. The highest BCUT2D eigenvalue weighted by atomic mass is 16.6. The number of hydrazone groups is 1. The first-order valence-corrected chi connectivity index (χ1v) is 8.14. The van der Waals surface area contributed by atoms with Crippen molar-refractivity contribution in [2.24, 2.45) is 11.0 Å². The minimum Gasteiger partial charge on any atom is -0.444 e. The number of ether oxygens (including phenoxy) is 1. The molecule has 0 bridgehead atoms. The molecule has 0 aromatic carbocycles. The third-order valence-corrected chi connectivity index (χ3v) is 3.30. The Hall–Kier alpha value is -1.30. The highest BCUT2D eigenvalue weighted by molar-refractivity contribution is 5.70. The van der Waals surface area contributed by atoms with E-state index < -0.39 is 23.8 Å². The van der Waals surface area contributed by atoms with Crippen molar-refractivity contribution < 1.29 is 14.6 Å². The van der Waals surface area contributed by atoms with Crippen LogP contribution in [0.2, 0.25) is 0 Å². The summed E-state index contributed by atoms with van der Waals surface area (Å²) in [5, 5.41) is 19.3. The third-order valence-electron chi connectivity index (χ3n) is 3.30. The number of hydrogen-bond donors (Lipinski definition) is 2. The van der Waals surface area contributed by atoms with Gasteiger partial charge in [0.1, 0.15) is 11.7 Å². The van der Waals surface area contributed by atoms with Gasteiger partial charge >= 0.3 is 6.09 Å². The van der Waals surface area contributed by atoms with Crippen molar-refractivity contribution >= 4 is 12.3 Å². The first-order valence-electron chi connectivity index (χ1n) is 8.14. The van der Waals surface area contributed by atoms with Crippen LogP contribution in [0, 0.1) is 5.92 Å². The molecule has 0 saturated carbocycles. The number of alkyl carbamates (subject to hydrolysis) is 1. The van der Waals surface area contributed by atoms with Crippen LogP contribution in [0.4, 0.5) is 4.79 Å². The molecule has 0 aromatic rings. The maximum Gasteiger partial charge on any atom is 0.407 e. The molecule has 2 N–H and O–H groups in total. The van der Waals surface area contributed by atoms with E-state index in [2.05, 4.69) is 10.4 Å². The second kappa shape index (κ2) is 8.36. The molecule has 6 nitrogen and oxygen atoms in total. The first kappa shape index (κ1) is 18.7. The quantitative estimate of drug-likeness (QED) is 0.738. The minimum atomic E-state index is -0.824. The fourth-order valence-electron chi connectivity index (χ4n) is 2.33. The van der Waals surface area contributed by atoms with Crippen LogP contribution in [0.3, 0.4) is 0 Å². The topological polar surface area (TPSA) is 74.2 Å². The van der Waals surface area contributed by atoms with E-state index >= 15 is 0 Å². The van der Waals surface area contributed by atoms with Crippen molar-refractivity contribution in [3.8, 4) is 0 Å². The normalized spacial score (nSPS) is 18.8. The number of amides is 1. The third kappa shape index (κ3) is 7.64.